The van der Waals surface area contributed by atoms with E-state index in [1.165, 1.54) is 11.1 Å². The van der Waals surface area contributed by atoms with Gasteiger partial charge in [0.2, 0.25) is 0 Å². The Morgan fingerprint density at radius 2 is 2.19 bits per heavy atom. The molecule has 1 aliphatic heterocycles. The molecule has 8 nitrogen and oxygen atoms in total. The third kappa shape index (κ3) is 7.36. The number of benzene rings is 1. The number of aromatic nitrogens is 2. The van der Waals surface area contributed by atoms with Crippen LogP contribution < -0.4 is 15.4 Å². The second-order valence-electron chi connectivity index (χ2n) is 7.95. The van der Waals surface area contributed by atoms with Crippen LogP contribution in [0, 0.1) is 6.92 Å². The summed E-state index contributed by atoms with van der Waals surface area (Å²) in [6.45, 7) is 4.85. The van der Waals surface area contributed by atoms with Crippen LogP contribution in [-0.4, -0.2) is 67.6 Å². The first-order valence-corrected chi connectivity index (χ1v) is 10.4. The molecule has 0 spiro atoms. The molecule has 0 aliphatic carbocycles. The van der Waals surface area contributed by atoms with E-state index in [2.05, 4.69) is 64.8 Å². The molecule has 2 atom stereocenters. The maximum absolute atomic E-state index is 6.20. The average Bonchev–Trinajstić information content (AvgIpc) is 3.37. The van der Waals surface area contributed by atoms with Gasteiger partial charge in [0.15, 0.2) is 5.96 Å². The Morgan fingerprint density at radius 3 is 2.81 bits per heavy atom. The molecule has 2 aromatic rings. The zero-order valence-corrected chi connectivity index (χ0v) is 21.4. The molecule has 2 N–H and O–H groups in total. The number of aliphatic imine (C=N–C) groups is 1. The molecule has 0 radical (unpaired) electrons. The van der Waals surface area contributed by atoms with Crippen LogP contribution in [0.1, 0.15) is 29.2 Å². The fourth-order valence-corrected chi connectivity index (χ4v) is 3.51. The van der Waals surface area contributed by atoms with Gasteiger partial charge < -0.3 is 25.0 Å². The lowest BCUT2D eigenvalue weighted by Gasteiger charge is -2.25. The summed E-state index contributed by atoms with van der Waals surface area (Å²) in [5.41, 5.74) is 3.45. The summed E-state index contributed by atoms with van der Waals surface area (Å²) >= 11 is 0. The first-order chi connectivity index (χ1) is 14.5. The van der Waals surface area contributed by atoms with Crippen LogP contribution >= 0.6 is 24.0 Å². The van der Waals surface area contributed by atoms with E-state index in [-0.39, 0.29) is 36.1 Å². The van der Waals surface area contributed by atoms with Crippen LogP contribution in [0.2, 0.25) is 0 Å². The lowest BCUT2D eigenvalue weighted by atomic mass is 10.1. The van der Waals surface area contributed by atoms with E-state index >= 15 is 0 Å². The molecule has 0 amide bonds. The molecule has 3 rings (SSSR count). The van der Waals surface area contributed by atoms with Crippen LogP contribution in [0.3, 0.4) is 0 Å². The minimum atomic E-state index is 0. The number of ether oxygens (including phenoxy) is 2. The highest BCUT2D eigenvalue weighted by Crippen LogP contribution is 2.24. The van der Waals surface area contributed by atoms with Crippen LogP contribution in [0.15, 0.2) is 35.6 Å². The zero-order chi connectivity index (χ0) is 21.5. The van der Waals surface area contributed by atoms with Crippen molar-refractivity contribution in [3.05, 3.63) is 47.3 Å². The van der Waals surface area contributed by atoms with Crippen molar-refractivity contribution in [2.24, 2.45) is 12.0 Å². The van der Waals surface area contributed by atoms with Crippen LogP contribution in [0.4, 0.5) is 0 Å². The van der Waals surface area contributed by atoms with Gasteiger partial charge >= 0.3 is 0 Å². The first kappa shape index (κ1) is 25.4. The van der Waals surface area contributed by atoms with Gasteiger partial charge in [-0.1, -0.05) is 12.1 Å². The fraction of sp³-hybridized carbons (Fsp3) is 0.545. The number of hydrogen-bond acceptors (Lipinski definition) is 5. The predicted octanol–water partition coefficient (Wildman–Crippen LogP) is 2.48. The third-order valence-electron chi connectivity index (χ3n) is 5.27. The van der Waals surface area contributed by atoms with Crippen molar-refractivity contribution in [1.82, 2.24) is 25.3 Å². The number of rotatable bonds is 8. The standard InChI is InChI=1S/C22H34N6O2.HI/c1-16-6-7-17(21(10-16)30-19-8-9-29-15-19)11-24-22(23-2)25-13-20(27(3)4)18-12-26-28(5)14-18;/h6-7,10,12,14,19-20H,8-9,11,13,15H2,1-5H3,(H2,23,24,25);1H. The Bertz CT molecular complexity index is 848. The summed E-state index contributed by atoms with van der Waals surface area (Å²) in [6, 6.07) is 6.50. The first-order valence-electron chi connectivity index (χ1n) is 10.4. The molecule has 172 valence electrons. The van der Waals surface area contributed by atoms with Gasteiger partial charge in [-0.15, -0.1) is 24.0 Å². The second kappa shape index (κ2) is 12.3. The van der Waals surface area contributed by atoms with Crippen molar-refractivity contribution in [2.45, 2.75) is 32.0 Å². The Balaban J connectivity index is 0.00000341. The lowest BCUT2D eigenvalue weighted by molar-refractivity contribution is 0.140. The van der Waals surface area contributed by atoms with Crippen molar-refractivity contribution in [3.8, 4) is 5.75 Å². The van der Waals surface area contributed by atoms with Crippen molar-refractivity contribution < 1.29 is 9.47 Å². The van der Waals surface area contributed by atoms with Gasteiger partial charge in [0.05, 0.1) is 25.5 Å². The van der Waals surface area contributed by atoms with Gasteiger partial charge in [-0.3, -0.25) is 9.67 Å². The molecule has 1 aliphatic rings. The van der Waals surface area contributed by atoms with Gasteiger partial charge in [0.1, 0.15) is 11.9 Å². The molecule has 2 unspecified atom stereocenters. The summed E-state index contributed by atoms with van der Waals surface area (Å²) in [4.78, 5) is 6.55. The number of halogens is 1. The highest BCUT2D eigenvalue weighted by Gasteiger charge is 2.19. The van der Waals surface area contributed by atoms with Crippen LogP contribution in [-0.2, 0) is 18.3 Å². The van der Waals surface area contributed by atoms with Crippen molar-refractivity contribution in [1.29, 1.82) is 0 Å². The monoisotopic (exact) mass is 542 g/mol. The molecule has 0 saturated carbocycles. The average molecular weight is 542 g/mol. The predicted molar refractivity (Wildman–Crippen MR) is 134 cm³/mol. The molecular weight excluding hydrogens is 507 g/mol. The van der Waals surface area contributed by atoms with E-state index in [0.717, 1.165) is 36.8 Å². The minimum Gasteiger partial charge on any atom is -0.488 e. The summed E-state index contributed by atoms with van der Waals surface area (Å²) in [7, 11) is 7.85. The lowest BCUT2D eigenvalue weighted by Crippen LogP contribution is -2.41. The number of likely N-dealkylation sites (N-methyl/N-ethyl adjacent to an activating group) is 1. The Labute approximate surface area is 202 Å². The van der Waals surface area contributed by atoms with Gasteiger partial charge in [0.25, 0.3) is 0 Å². The maximum atomic E-state index is 6.20. The Morgan fingerprint density at radius 1 is 1.39 bits per heavy atom. The molecule has 1 saturated heterocycles. The second-order valence-corrected chi connectivity index (χ2v) is 7.95. The van der Waals surface area contributed by atoms with E-state index in [9.17, 15) is 0 Å². The number of guanidine groups is 1. The van der Waals surface area contributed by atoms with E-state index in [1.54, 1.807) is 7.05 Å². The van der Waals surface area contributed by atoms with Gasteiger partial charge in [-0.05, 0) is 32.6 Å². The molecule has 1 fully saturated rings. The molecule has 1 aromatic heterocycles. The van der Waals surface area contributed by atoms with Gasteiger partial charge in [0, 0.05) is 50.9 Å². The molecular formula is C22H35IN6O2. The Kier molecular flexibility index (Phi) is 10.0. The molecule has 0 bridgehead atoms. The molecule has 31 heavy (non-hydrogen) atoms. The summed E-state index contributed by atoms with van der Waals surface area (Å²) in [5.74, 6) is 1.66. The summed E-state index contributed by atoms with van der Waals surface area (Å²) in [6.07, 6.45) is 5.02. The van der Waals surface area contributed by atoms with E-state index in [4.69, 9.17) is 9.47 Å². The molecule has 9 heteroatoms. The maximum Gasteiger partial charge on any atom is 0.191 e. The number of nitrogens with zero attached hydrogens (tertiary/aromatic N) is 4. The van der Waals surface area contributed by atoms with E-state index in [0.29, 0.717) is 13.2 Å². The van der Waals surface area contributed by atoms with Crippen molar-refractivity contribution in [2.75, 3.05) is 40.9 Å². The van der Waals surface area contributed by atoms with E-state index in [1.807, 2.05) is 24.1 Å². The van der Waals surface area contributed by atoms with E-state index < -0.39 is 0 Å². The summed E-state index contributed by atoms with van der Waals surface area (Å²) < 4.78 is 13.5. The third-order valence-corrected chi connectivity index (χ3v) is 5.27. The smallest absolute Gasteiger partial charge is 0.191 e. The number of hydrogen-bond donors (Lipinski definition) is 2. The fourth-order valence-electron chi connectivity index (χ4n) is 3.51. The van der Waals surface area contributed by atoms with Gasteiger partial charge in [-0.25, -0.2) is 0 Å². The van der Waals surface area contributed by atoms with Gasteiger partial charge in [-0.2, -0.15) is 5.10 Å². The minimum absolute atomic E-state index is 0. The number of nitrogens with one attached hydrogen (secondary N) is 2. The highest BCUT2D eigenvalue weighted by atomic mass is 127. The highest BCUT2D eigenvalue weighted by molar-refractivity contribution is 14.0. The summed E-state index contributed by atoms with van der Waals surface area (Å²) in [5, 5.41) is 11.1. The van der Waals surface area contributed by atoms with Crippen LogP contribution in [0.5, 0.6) is 5.75 Å². The number of aryl methyl sites for hydroxylation is 2. The molecule has 2 heterocycles. The van der Waals surface area contributed by atoms with Crippen molar-refractivity contribution >= 4 is 29.9 Å². The SMILES string of the molecule is CN=C(NCc1ccc(C)cc1OC1CCOC1)NCC(c1cnn(C)c1)N(C)C.I. The Hall–Kier alpha value is -1.85. The largest absolute Gasteiger partial charge is 0.488 e. The quantitative estimate of drug-likeness (QED) is 0.304. The normalized spacial score (nSPS) is 17.4. The van der Waals surface area contributed by atoms with Crippen molar-refractivity contribution in [3.63, 3.8) is 0 Å². The van der Waals surface area contributed by atoms with Crippen LogP contribution in [0.25, 0.3) is 0 Å². The topological polar surface area (TPSA) is 75.9 Å². The molecule has 1 aromatic carbocycles. The zero-order valence-electron chi connectivity index (χ0n) is 19.1.